The molecule has 1 aromatic carbocycles. The molecule has 1 saturated carbocycles. The molecule has 0 heterocycles. The summed E-state index contributed by atoms with van der Waals surface area (Å²) in [5.41, 5.74) is 3.45. The molecule has 1 heteroatoms. The van der Waals surface area contributed by atoms with E-state index in [1.54, 1.807) is 11.1 Å². The molecule has 0 aliphatic heterocycles. The fourth-order valence-corrected chi connectivity index (χ4v) is 4.41. The van der Waals surface area contributed by atoms with Gasteiger partial charge >= 0.3 is 0 Å². The fourth-order valence-electron chi connectivity index (χ4n) is 4.41. The Morgan fingerprint density at radius 1 is 1.10 bits per heavy atom. The highest BCUT2D eigenvalue weighted by Gasteiger charge is 2.32. The molecule has 3 unspecified atom stereocenters. The van der Waals surface area contributed by atoms with Gasteiger partial charge in [-0.2, -0.15) is 0 Å². The van der Waals surface area contributed by atoms with Gasteiger partial charge in [-0.25, -0.2) is 0 Å². The van der Waals surface area contributed by atoms with Crippen LogP contribution in [-0.2, 0) is 5.41 Å². The number of nitrogens with one attached hydrogen (secondary N) is 1. The Kier molecular flexibility index (Phi) is 4.40. The number of rotatable bonds is 3. The summed E-state index contributed by atoms with van der Waals surface area (Å²) >= 11 is 0. The molecule has 21 heavy (non-hydrogen) atoms. The van der Waals surface area contributed by atoms with Crippen LogP contribution >= 0.6 is 0 Å². The Morgan fingerprint density at radius 3 is 2.67 bits per heavy atom. The maximum atomic E-state index is 3.92. The third-order valence-corrected chi connectivity index (χ3v) is 6.04. The Morgan fingerprint density at radius 2 is 1.86 bits per heavy atom. The zero-order valence-corrected chi connectivity index (χ0v) is 14.0. The summed E-state index contributed by atoms with van der Waals surface area (Å²) in [4.78, 5) is 0. The molecule has 0 aromatic heterocycles. The molecule has 2 aliphatic carbocycles. The molecule has 1 nitrogen and oxygen atoms in total. The van der Waals surface area contributed by atoms with Gasteiger partial charge in [0.2, 0.25) is 0 Å². The van der Waals surface area contributed by atoms with Gasteiger partial charge in [0.1, 0.15) is 0 Å². The summed E-state index contributed by atoms with van der Waals surface area (Å²) in [6.07, 6.45) is 8.31. The molecular formula is C20H31N. The molecular weight excluding hydrogens is 254 g/mol. The van der Waals surface area contributed by atoms with Crippen LogP contribution in [0.5, 0.6) is 0 Å². The minimum atomic E-state index is 0.340. The maximum absolute atomic E-state index is 3.92. The van der Waals surface area contributed by atoms with Crippen LogP contribution in [0.2, 0.25) is 0 Å². The van der Waals surface area contributed by atoms with E-state index >= 15 is 0 Å². The summed E-state index contributed by atoms with van der Waals surface area (Å²) in [5.74, 6) is 1.79. The predicted molar refractivity (Wildman–Crippen MR) is 90.6 cm³/mol. The van der Waals surface area contributed by atoms with Crippen molar-refractivity contribution in [3.8, 4) is 0 Å². The molecule has 1 aromatic rings. The second-order valence-corrected chi connectivity index (χ2v) is 7.99. The number of benzene rings is 1. The minimum absolute atomic E-state index is 0.340. The lowest BCUT2D eigenvalue weighted by atomic mass is 9.71. The number of hydrogen-bond donors (Lipinski definition) is 1. The van der Waals surface area contributed by atoms with E-state index in [1.807, 2.05) is 0 Å². The van der Waals surface area contributed by atoms with Crippen molar-refractivity contribution >= 4 is 0 Å². The summed E-state index contributed by atoms with van der Waals surface area (Å²) in [5, 5.41) is 3.92. The highest BCUT2D eigenvalue weighted by molar-refractivity contribution is 5.38. The lowest BCUT2D eigenvalue weighted by Crippen LogP contribution is -2.36. The van der Waals surface area contributed by atoms with Gasteiger partial charge in [-0.1, -0.05) is 64.3 Å². The van der Waals surface area contributed by atoms with Gasteiger partial charge < -0.3 is 5.32 Å². The van der Waals surface area contributed by atoms with Gasteiger partial charge in [0.05, 0.1) is 0 Å². The van der Waals surface area contributed by atoms with Crippen LogP contribution in [-0.4, -0.2) is 6.54 Å². The highest BCUT2D eigenvalue weighted by Crippen LogP contribution is 2.41. The molecule has 0 saturated heterocycles. The zero-order valence-electron chi connectivity index (χ0n) is 14.0. The third kappa shape index (κ3) is 3.18. The van der Waals surface area contributed by atoms with E-state index in [2.05, 4.69) is 50.4 Å². The molecule has 0 bridgehead atoms. The standard InChI is InChI=1S/C20H31N/c1-15-8-4-5-9-16(15)14-21-19-12-13-20(2,3)18-11-7-6-10-17(18)19/h6-7,10-11,15-16,19,21H,4-5,8-9,12-14H2,1-3H3. The average molecular weight is 285 g/mol. The van der Waals surface area contributed by atoms with Gasteiger partial charge in [-0.05, 0) is 54.2 Å². The second kappa shape index (κ2) is 6.12. The minimum Gasteiger partial charge on any atom is -0.310 e. The molecule has 0 radical (unpaired) electrons. The molecule has 3 rings (SSSR count). The topological polar surface area (TPSA) is 12.0 Å². The smallest absolute Gasteiger partial charge is 0.0323 e. The first-order chi connectivity index (χ1) is 10.1. The lowest BCUT2D eigenvalue weighted by molar-refractivity contribution is 0.233. The summed E-state index contributed by atoms with van der Waals surface area (Å²) in [6.45, 7) is 8.44. The van der Waals surface area contributed by atoms with Gasteiger partial charge in [-0.15, -0.1) is 0 Å². The van der Waals surface area contributed by atoms with E-state index in [1.165, 1.54) is 45.1 Å². The van der Waals surface area contributed by atoms with Crippen molar-refractivity contribution in [3.05, 3.63) is 35.4 Å². The Balaban J connectivity index is 1.69. The predicted octanol–water partition coefficient (Wildman–Crippen LogP) is 5.22. The van der Waals surface area contributed by atoms with Crippen molar-refractivity contribution in [2.75, 3.05) is 6.54 Å². The van der Waals surface area contributed by atoms with E-state index < -0.39 is 0 Å². The van der Waals surface area contributed by atoms with Gasteiger partial charge in [-0.3, -0.25) is 0 Å². The van der Waals surface area contributed by atoms with Crippen molar-refractivity contribution in [3.63, 3.8) is 0 Å². The van der Waals surface area contributed by atoms with Crippen molar-refractivity contribution < 1.29 is 0 Å². The van der Waals surface area contributed by atoms with E-state index in [4.69, 9.17) is 0 Å². The normalized spacial score (nSPS) is 31.7. The van der Waals surface area contributed by atoms with Crippen LogP contribution in [0.4, 0.5) is 0 Å². The molecule has 3 atom stereocenters. The fraction of sp³-hybridized carbons (Fsp3) is 0.700. The average Bonchev–Trinajstić information content (AvgIpc) is 2.48. The van der Waals surface area contributed by atoms with E-state index in [0.29, 0.717) is 11.5 Å². The van der Waals surface area contributed by atoms with E-state index in [0.717, 1.165) is 11.8 Å². The quantitative estimate of drug-likeness (QED) is 0.803. The largest absolute Gasteiger partial charge is 0.310 e. The van der Waals surface area contributed by atoms with Gasteiger partial charge in [0.25, 0.3) is 0 Å². The van der Waals surface area contributed by atoms with Crippen LogP contribution in [0, 0.1) is 11.8 Å². The third-order valence-electron chi connectivity index (χ3n) is 6.04. The van der Waals surface area contributed by atoms with Crippen LogP contribution in [0.15, 0.2) is 24.3 Å². The second-order valence-electron chi connectivity index (χ2n) is 7.99. The molecule has 116 valence electrons. The van der Waals surface area contributed by atoms with E-state index in [-0.39, 0.29) is 0 Å². The van der Waals surface area contributed by atoms with Gasteiger partial charge in [0, 0.05) is 6.04 Å². The van der Waals surface area contributed by atoms with Crippen molar-refractivity contribution in [2.24, 2.45) is 11.8 Å². The molecule has 1 N–H and O–H groups in total. The maximum Gasteiger partial charge on any atom is 0.0323 e. The first kappa shape index (κ1) is 15.1. The Hall–Kier alpha value is -0.820. The van der Waals surface area contributed by atoms with Crippen LogP contribution in [0.1, 0.15) is 76.5 Å². The Bertz CT molecular complexity index is 476. The first-order valence-corrected chi connectivity index (χ1v) is 8.91. The number of hydrogen-bond acceptors (Lipinski definition) is 1. The first-order valence-electron chi connectivity index (χ1n) is 8.91. The SMILES string of the molecule is CC1CCCCC1CNC1CCC(C)(C)c2ccccc21. The van der Waals surface area contributed by atoms with Crippen molar-refractivity contribution in [1.82, 2.24) is 5.32 Å². The Labute approximate surface area is 130 Å². The summed E-state index contributed by atoms with van der Waals surface area (Å²) in [6, 6.07) is 9.66. The van der Waals surface area contributed by atoms with Crippen LogP contribution < -0.4 is 5.32 Å². The van der Waals surface area contributed by atoms with E-state index in [9.17, 15) is 0 Å². The van der Waals surface area contributed by atoms with Crippen LogP contribution in [0.3, 0.4) is 0 Å². The van der Waals surface area contributed by atoms with Crippen LogP contribution in [0.25, 0.3) is 0 Å². The highest BCUT2D eigenvalue weighted by atomic mass is 14.9. The van der Waals surface area contributed by atoms with Crippen molar-refractivity contribution in [1.29, 1.82) is 0 Å². The van der Waals surface area contributed by atoms with Crippen molar-refractivity contribution in [2.45, 2.75) is 70.8 Å². The van der Waals surface area contributed by atoms with Gasteiger partial charge in [0.15, 0.2) is 0 Å². The summed E-state index contributed by atoms with van der Waals surface area (Å²) in [7, 11) is 0. The zero-order chi connectivity index (χ0) is 14.9. The monoisotopic (exact) mass is 285 g/mol. The lowest BCUT2D eigenvalue weighted by Gasteiger charge is -2.38. The molecule has 0 amide bonds. The molecule has 0 spiro atoms. The number of fused-ring (bicyclic) bond motifs is 1. The molecule has 1 fully saturated rings. The summed E-state index contributed by atoms with van der Waals surface area (Å²) < 4.78 is 0. The molecule has 2 aliphatic rings.